The molecule has 0 unspecified atom stereocenters. The van der Waals surface area contributed by atoms with Gasteiger partial charge < -0.3 is 14.6 Å². The molecule has 124 valence electrons. The molecule has 1 aromatic carbocycles. The van der Waals surface area contributed by atoms with E-state index >= 15 is 0 Å². The van der Waals surface area contributed by atoms with E-state index in [2.05, 4.69) is 21.9 Å². The summed E-state index contributed by atoms with van der Waals surface area (Å²) in [6.45, 7) is 7.61. The van der Waals surface area contributed by atoms with Gasteiger partial charge in [-0.3, -0.25) is 10.1 Å². The lowest BCUT2D eigenvalue weighted by Gasteiger charge is -2.21. The first kappa shape index (κ1) is 17.0. The summed E-state index contributed by atoms with van der Waals surface area (Å²) in [7, 11) is 1.64. The summed E-state index contributed by atoms with van der Waals surface area (Å²) in [5, 5.41) is 9.76. The largest absolute Gasteiger partial charge is 0.496 e. The number of aryl methyl sites for hydroxylation is 2. The van der Waals surface area contributed by atoms with Gasteiger partial charge in [0.2, 0.25) is 5.91 Å². The molecule has 0 spiro atoms. The second-order valence-corrected chi connectivity index (χ2v) is 5.67. The lowest BCUT2D eigenvalue weighted by molar-refractivity contribution is -0.118. The van der Waals surface area contributed by atoms with Crippen LogP contribution in [0.4, 0.5) is 5.82 Å². The monoisotopic (exact) mass is 317 g/mol. The van der Waals surface area contributed by atoms with Crippen LogP contribution in [0.5, 0.6) is 5.75 Å². The van der Waals surface area contributed by atoms with Crippen LogP contribution in [0.1, 0.15) is 36.8 Å². The molecule has 2 aromatic rings. The minimum absolute atomic E-state index is 0.0374. The Morgan fingerprint density at radius 3 is 2.61 bits per heavy atom. The van der Waals surface area contributed by atoms with E-state index in [1.54, 1.807) is 27.0 Å². The first-order valence-electron chi connectivity index (χ1n) is 7.55. The minimum atomic E-state index is -0.396. The van der Waals surface area contributed by atoms with E-state index < -0.39 is 6.04 Å². The van der Waals surface area contributed by atoms with Crippen molar-refractivity contribution in [2.45, 2.75) is 39.8 Å². The van der Waals surface area contributed by atoms with E-state index in [9.17, 15) is 4.79 Å². The van der Waals surface area contributed by atoms with Crippen LogP contribution < -0.4 is 15.4 Å². The predicted molar refractivity (Wildman–Crippen MR) is 88.6 cm³/mol. The zero-order valence-corrected chi connectivity index (χ0v) is 14.1. The molecule has 23 heavy (non-hydrogen) atoms. The molecule has 0 saturated heterocycles. The summed E-state index contributed by atoms with van der Waals surface area (Å²) in [4.78, 5) is 12.2. The Morgan fingerprint density at radius 2 is 2.00 bits per heavy atom. The second-order valence-electron chi connectivity index (χ2n) is 5.67. The predicted octanol–water partition coefficient (Wildman–Crippen LogP) is 2.98. The number of amides is 1. The van der Waals surface area contributed by atoms with Gasteiger partial charge in [0.15, 0.2) is 5.82 Å². The SMILES string of the molecule is COc1ccc(C)cc1[C@@H](C)N[C@H](C)C(=O)Nc1cc(C)on1. The van der Waals surface area contributed by atoms with Crippen molar-refractivity contribution in [3.05, 3.63) is 41.2 Å². The number of carbonyl (C=O) groups is 1. The Morgan fingerprint density at radius 1 is 1.26 bits per heavy atom. The molecule has 0 radical (unpaired) electrons. The molecular weight excluding hydrogens is 294 g/mol. The lowest BCUT2D eigenvalue weighted by Crippen LogP contribution is -2.39. The molecule has 6 nitrogen and oxygen atoms in total. The number of nitrogens with zero attached hydrogens (tertiary/aromatic N) is 1. The van der Waals surface area contributed by atoms with Crippen LogP contribution in [-0.4, -0.2) is 24.2 Å². The summed E-state index contributed by atoms with van der Waals surface area (Å²) in [5.74, 6) is 1.70. The topological polar surface area (TPSA) is 76.4 Å². The van der Waals surface area contributed by atoms with Gasteiger partial charge in [-0.25, -0.2) is 0 Å². The molecule has 1 amide bonds. The first-order chi connectivity index (χ1) is 10.9. The number of rotatable bonds is 6. The van der Waals surface area contributed by atoms with Gasteiger partial charge in [-0.05, 0) is 33.8 Å². The average molecular weight is 317 g/mol. The van der Waals surface area contributed by atoms with Gasteiger partial charge in [-0.15, -0.1) is 0 Å². The van der Waals surface area contributed by atoms with E-state index in [1.165, 1.54) is 0 Å². The number of benzene rings is 1. The highest BCUT2D eigenvalue weighted by Crippen LogP contribution is 2.26. The molecule has 0 aliphatic carbocycles. The minimum Gasteiger partial charge on any atom is -0.496 e. The van der Waals surface area contributed by atoms with Crippen LogP contribution >= 0.6 is 0 Å². The molecule has 0 aliphatic rings. The molecule has 0 aliphatic heterocycles. The molecule has 2 rings (SSSR count). The Kier molecular flexibility index (Phi) is 5.39. The van der Waals surface area contributed by atoms with Crippen molar-refractivity contribution >= 4 is 11.7 Å². The first-order valence-corrected chi connectivity index (χ1v) is 7.55. The summed E-state index contributed by atoms with van der Waals surface area (Å²) in [5.41, 5.74) is 2.16. The molecule has 2 N–H and O–H groups in total. The van der Waals surface area contributed by atoms with Gasteiger partial charge >= 0.3 is 0 Å². The van der Waals surface area contributed by atoms with Crippen molar-refractivity contribution in [2.24, 2.45) is 0 Å². The van der Waals surface area contributed by atoms with E-state index in [1.807, 2.05) is 26.0 Å². The fraction of sp³-hybridized carbons (Fsp3) is 0.412. The van der Waals surface area contributed by atoms with Crippen LogP contribution in [0.2, 0.25) is 0 Å². The number of methoxy groups -OCH3 is 1. The summed E-state index contributed by atoms with van der Waals surface area (Å²) < 4.78 is 10.3. The summed E-state index contributed by atoms with van der Waals surface area (Å²) in [6, 6.07) is 7.24. The fourth-order valence-electron chi connectivity index (χ4n) is 2.39. The molecule has 0 fully saturated rings. The van der Waals surface area contributed by atoms with Gasteiger partial charge in [-0.1, -0.05) is 22.9 Å². The summed E-state index contributed by atoms with van der Waals surface area (Å²) >= 11 is 0. The van der Waals surface area contributed by atoms with Crippen molar-refractivity contribution in [1.82, 2.24) is 10.5 Å². The molecule has 6 heteroatoms. The molecule has 2 atom stereocenters. The number of carbonyl (C=O) groups excluding carboxylic acids is 1. The van der Waals surface area contributed by atoms with Crippen LogP contribution in [0.15, 0.2) is 28.8 Å². The highest BCUT2D eigenvalue weighted by molar-refractivity contribution is 5.93. The zero-order chi connectivity index (χ0) is 17.0. The van der Waals surface area contributed by atoms with E-state index in [4.69, 9.17) is 9.26 Å². The standard InChI is InChI=1S/C17H23N3O3/c1-10-6-7-15(22-5)14(8-10)12(3)18-13(4)17(21)19-16-9-11(2)23-20-16/h6-9,12-13,18H,1-5H3,(H,19,20,21)/t12-,13-/m1/s1. The van der Waals surface area contributed by atoms with Crippen LogP contribution in [0.3, 0.4) is 0 Å². The number of aromatic nitrogens is 1. The van der Waals surface area contributed by atoms with Gasteiger partial charge in [0, 0.05) is 17.7 Å². The quantitative estimate of drug-likeness (QED) is 0.856. The third-order valence-electron chi connectivity index (χ3n) is 3.62. The Balaban J connectivity index is 2.02. The molecule has 0 bridgehead atoms. The summed E-state index contributed by atoms with van der Waals surface area (Å²) in [6.07, 6.45) is 0. The third kappa shape index (κ3) is 4.32. The van der Waals surface area contributed by atoms with Crippen molar-refractivity contribution in [3.8, 4) is 5.75 Å². The average Bonchev–Trinajstić information content (AvgIpc) is 2.92. The van der Waals surface area contributed by atoms with Crippen molar-refractivity contribution < 1.29 is 14.1 Å². The molecule has 1 aromatic heterocycles. The third-order valence-corrected chi connectivity index (χ3v) is 3.62. The highest BCUT2D eigenvalue weighted by Gasteiger charge is 2.19. The maximum atomic E-state index is 12.2. The van der Waals surface area contributed by atoms with E-state index in [0.717, 1.165) is 16.9 Å². The molecular formula is C17H23N3O3. The van der Waals surface area contributed by atoms with Gasteiger partial charge in [0.25, 0.3) is 0 Å². The maximum absolute atomic E-state index is 12.2. The molecule has 1 heterocycles. The smallest absolute Gasteiger partial charge is 0.242 e. The normalized spacial score (nSPS) is 13.4. The van der Waals surface area contributed by atoms with Crippen molar-refractivity contribution in [1.29, 1.82) is 0 Å². The van der Waals surface area contributed by atoms with Crippen LogP contribution in [-0.2, 0) is 4.79 Å². The fourth-order valence-corrected chi connectivity index (χ4v) is 2.39. The number of nitrogens with one attached hydrogen (secondary N) is 2. The van der Waals surface area contributed by atoms with Gasteiger partial charge in [0.1, 0.15) is 11.5 Å². The number of anilines is 1. The van der Waals surface area contributed by atoms with E-state index in [0.29, 0.717) is 11.6 Å². The Hall–Kier alpha value is -2.34. The highest BCUT2D eigenvalue weighted by atomic mass is 16.5. The number of hydrogen-bond donors (Lipinski definition) is 2. The van der Waals surface area contributed by atoms with Crippen LogP contribution in [0.25, 0.3) is 0 Å². The van der Waals surface area contributed by atoms with Crippen molar-refractivity contribution in [3.63, 3.8) is 0 Å². The lowest BCUT2D eigenvalue weighted by atomic mass is 10.0. The Labute approximate surface area is 136 Å². The van der Waals surface area contributed by atoms with Crippen molar-refractivity contribution in [2.75, 3.05) is 12.4 Å². The van der Waals surface area contributed by atoms with Gasteiger partial charge in [-0.2, -0.15) is 0 Å². The van der Waals surface area contributed by atoms with E-state index in [-0.39, 0.29) is 11.9 Å². The van der Waals surface area contributed by atoms with Gasteiger partial charge in [0.05, 0.1) is 13.2 Å². The number of hydrogen-bond acceptors (Lipinski definition) is 5. The zero-order valence-electron chi connectivity index (χ0n) is 14.1. The number of ether oxygens (including phenoxy) is 1. The second kappa shape index (κ2) is 7.28. The van der Waals surface area contributed by atoms with Crippen LogP contribution in [0, 0.1) is 13.8 Å². The molecule has 0 saturated carbocycles. The maximum Gasteiger partial charge on any atom is 0.242 e. The Bertz CT molecular complexity index is 681.